The van der Waals surface area contributed by atoms with Gasteiger partial charge in [0, 0.05) is 20.1 Å². The predicted molar refractivity (Wildman–Crippen MR) is 140 cm³/mol. The fraction of sp³-hybridized carbons (Fsp3) is 1.00. The Hall–Kier alpha value is -0.160. The summed E-state index contributed by atoms with van der Waals surface area (Å²) in [5.74, 6) is 3.76. The van der Waals surface area contributed by atoms with Crippen LogP contribution in [0.1, 0.15) is 105 Å². The van der Waals surface area contributed by atoms with Crippen LogP contribution < -0.4 is 0 Å². The number of methoxy groups -OCH3 is 2. The maximum atomic E-state index is 10.9. The molecule has 1 aliphatic heterocycles. The third kappa shape index (κ3) is 3.98. The molecule has 4 nitrogen and oxygen atoms in total. The van der Waals surface area contributed by atoms with Crippen molar-refractivity contribution < 1.29 is 19.3 Å². The summed E-state index contributed by atoms with van der Waals surface area (Å²) in [7, 11) is 3.75. The van der Waals surface area contributed by atoms with Crippen LogP contribution in [0.15, 0.2) is 0 Å². The van der Waals surface area contributed by atoms with Gasteiger partial charge in [0.1, 0.15) is 0 Å². The van der Waals surface area contributed by atoms with E-state index in [0.29, 0.717) is 34.5 Å². The van der Waals surface area contributed by atoms with E-state index in [9.17, 15) is 5.11 Å². The molecule has 13 atom stereocenters. The van der Waals surface area contributed by atoms with E-state index in [4.69, 9.17) is 14.2 Å². The van der Waals surface area contributed by atoms with Gasteiger partial charge in [0.25, 0.3) is 0 Å². The van der Waals surface area contributed by atoms with Crippen LogP contribution in [0.2, 0.25) is 0 Å². The van der Waals surface area contributed by atoms with Crippen molar-refractivity contribution in [2.75, 3.05) is 14.2 Å². The molecule has 4 unspecified atom stereocenters. The van der Waals surface area contributed by atoms with E-state index in [-0.39, 0.29) is 30.0 Å². The van der Waals surface area contributed by atoms with Gasteiger partial charge in [-0.3, -0.25) is 0 Å². The van der Waals surface area contributed by atoms with Crippen LogP contribution in [0, 0.1) is 46.3 Å². The molecule has 2 spiro atoms. The van der Waals surface area contributed by atoms with Crippen molar-refractivity contribution in [1.29, 1.82) is 0 Å². The minimum Gasteiger partial charge on any atom is -0.393 e. The molecule has 5 aliphatic rings. The minimum absolute atomic E-state index is 0.0679. The molecule has 0 bridgehead atoms. The van der Waals surface area contributed by atoms with Gasteiger partial charge in [0.15, 0.2) is 0 Å². The third-order valence-electron chi connectivity index (χ3n) is 12.7. The lowest BCUT2D eigenvalue weighted by atomic mass is 9.54. The second kappa shape index (κ2) is 9.54. The van der Waals surface area contributed by atoms with E-state index in [2.05, 4.69) is 34.6 Å². The Labute approximate surface area is 215 Å². The zero-order chi connectivity index (χ0) is 25.2. The SMILES string of the molecule is CCC1C2CC[C@H]3[C@H](C)C[C@H](OC)[C@H]([C@@]4(C)CCC(C(C)OC)O4)[C@@H](C)CC[C@]34C[C@]24CC[C@@H]1O. The third-order valence-corrected chi connectivity index (χ3v) is 12.7. The molecule has 5 rings (SSSR count). The molecule has 5 fully saturated rings. The molecule has 4 aliphatic carbocycles. The number of aliphatic hydroxyl groups is 1. The quantitative estimate of drug-likeness (QED) is 0.470. The summed E-state index contributed by atoms with van der Waals surface area (Å²) >= 11 is 0. The van der Waals surface area contributed by atoms with E-state index in [1.807, 2.05) is 7.11 Å². The summed E-state index contributed by atoms with van der Waals surface area (Å²) in [6.07, 6.45) is 14.1. The normalized spacial score (nSPS) is 55.0. The van der Waals surface area contributed by atoms with Crippen molar-refractivity contribution in [2.24, 2.45) is 46.3 Å². The average Bonchev–Trinajstić information content (AvgIpc) is 3.35. The number of ether oxygens (including phenoxy) is 3. The van der Waals surface area contributed by atoms with E-state index < -0.39 is 0 Å². The van der Waals surface area contributed by atoms with Crippen LogP contribution in [-0.2, 0) is 14.2 Å². The van der Waals surface area contributed by atoms with Crippen molar-refractivity contribution in [3.05, 3.63) is 0 Å². The second-order valence-electron chi connectivity index (χ2n) is 13.9. The van der Waals surface area contributed by atoms with Crippen molar-refractivity contribution in [3.63, 3.8) is 0 Å². The molecular formula is C31H54O4. The van der Waals surface area contributed by atoms with Gasteiger partial charge in [-0.05, 0) is 118 Å². The van der Waals surface area contributed by atoms with Gasteiger partial charge in [-0.25, -0.2) is 0 Å². The Morgan fingerprint density at radius 1 is 0.943 bits per heavy atom. The van der Waals surface area contributed by atoms with E-state index >= 15 is 0 Å². The van der Waals surface area contributed by atoms with Crippen molar-refractivity contribution >= 4 is 0 Å². The highest BCUT2D eigenvalue weighted by atomic mass is 16.6. The zero-order valence-electron chi connectivity index (χ0n) is 23.7. The minimum atomic E-state index is -0.142. The Balaban J connectivity index is 1.43. The predicted octanol–water partition coefficient (Wildman–Crippen LogP) is 6.63. The summed E-state index contributed by atoms with van der Waals surface area (Å²) < 4.78 is 18.9. The van der Waals surface area contributed by atoms with Gasteiger partial charge in [0.2, 0.25) is 0 Å². The van der Waals surface area contributed by atoms with E-state index in [1.54, 1.807) is 7.11 Å². The molecule has 0 amide bonds. The molecule has 4 saturated carbocycles. The molecule has 35 heavy (non-hydrogen) atoms. The highest BCUT2D eigenvalue weighted by molar-refractivity contribution is 5.24. The molecule has 0 radical (unpaired) electrons. The summed E-state index contributed by atoms with van der Waals surface area (Å²) in [6, 6.07) is 0. The molecular weight excluding hydrogens is 436 g/mol. The Kier molecular flexibility index (Phi) is 7.21. The maximum absolute atomic E-state index is 10.9. The molecule has 1 saturated heterocycles. The lowest BCUT2D eigenvalue weighted by Gasteiger charge is -2.51. The molecule has 0 aromatic heterocycles. The first kappa shape index (κ1) is 26.4. The molecule has 0 aromatic rings. The van der Waals surface area contributed by atoms with Crippen molar-refractivity contribution in [2.45, 2.75) is 135 Å². The van der Waals surface area contributed by atoms with Crippen molar-refractivity contribution in [1.82, 2.24) is 0 Å². The standard InChI is InChI=1S/C31H54O4/c1-8-22-24-10-9-23-20(3)17-27(34-7)28(29(5)14-13-26(35-29)21(4)33-6)19(2)11-15-30(23)18-31(24,30)16-12-25(22)32/h19-28,32H,8-18H2,1-7H3/t19-,20+,21?,22?,23-,24?,25-,26?,27-,28+,29+,30-,31+/m0/s1. The monoisotopic (exact) mass is 490 g/mol. The van der Waals surface area contributed by atoms with Crippen LogP contribution in [-0.4, -0.2) is 49.3 Å². The van der Waals surface area contributed by atoms with Gasteiger partial charge in [-0.15, -0.1) is 0 Å². The maximum Gasteiger partial charge on any atom is 0.0842 e. The van der Waals surface area contributed by atoms with Gasteiger partial charge < -0.3 is 19.3 Å². The van der Waals surface area contributed by atoms with Crippen molar-refractivity contribution in [3.8, 4) is 0 Å². The average molecular weight is 491 g/mol. The summed E-state index contributed by atoms with van der Waals surface area (Å²) in [4.78, 5) is 0. The fourth-order valence-electron chi connectivity index (χ4n) is 10.9. The largest absolute Gasteiger partial charge is 0.393 e. The second-order valence-corrected chi connectivity index (χ2v) is 13.9. The molecule has 202 valence electrons. The highest BCUT2D eigenvalue weighted by Gasteiger charge is 2.76. The van der Waals surface area contributed by atoms with Gasteiger partial charge in [-0.1, -0.05) is 27.2 Å². The number of rotatable bonds is 5. The van der Waals surface area contributed by atoms with E-state index in [1.165, 1.54) is 38.5 Å². The molecule has 0 aromatic carbocycles. The highest BCUT2D eigenvalue weighted by Crippen LogP contribution is 2.83. The van der Waals surface area contributed by atoms with Crippen LogP contribution in [0.3, 0.4) is 0 Å². The summed E-state index contributed by atoms with van der Waals surface area (Å²) in [5, 5.41) is 10.9. The molecule has 4 heteroatoms. The van der Waals surface area contributed by atoms with Gasteiger partial charge in [0.05, 0.1) is 30.0 Å². The first-order chi connectivity index (χ1) is 16.7. The lowest BCUT2D eigenvalue weighted by molar-refractivity contribution is -0.151. The first-order valence-corrected chi connectivity index (χ1v) is 15.1. The molecule has 1 heterocycles. The van der Waals surface area contributed by atoms with Gasteiger partial charge >= 0.3 is 0 Å². The Bertz CT molecular complexity index is 756. The van der Waals surface area contributed by atoms with Crippen LogP contribution in [0.5, 0.6) is 0 Å². The summed E-state index contributed by atoms with van der Waals surface area (Å²) in [5.41, 5.74) is 0.879. The lowest BCUT2D eigenvalue weighted by Crippen LogP contribution is -2.48. The van der Waals surface area contributed by atoms with Crippen LogP contribution in [0.25, 0.3) is 0 Å². The van der Waals surface area contributed by atoms with Gasteiger partial charge in [-0.2, -0.15) is 0 Å². The number of aliphatic hydroxyl groups excluding tert-OH is 1. The smallest absolute Gasteiger partial charge is 0.0842 e. The Morgan fingerprint density at radius 3 is 2.31 bits per heavy atom. The first-order valence-electron chi connectivity index (χ1n) is 15.1. The van der Waals surface area contributed by atoms with Crippen LogP contribution in [0.4, 0.5) is 0 Å². The summed E-state index contributed by atoms with van der Waals surface area (Å²) in [6.45, 7) is 11.9. The topological polar surface area (TPSA) is 47.9 Å². The number of hydrogen-bond donors (Lipinski definition) is 1. The Morgan fingerprint density at radius 2 is 1.63 bits per heavy atom. The fourth-order valence-corrected chi connectivity index (χ4v) is 10.9. The number of hydrogen-bond acceptors (Lipinski definition) is 4. The van der Waals surface area contributed by atoms with Crippen LogP contribution >= 0.6 is 0 Å². The van der Waals surface area contributed by atoms with E-state index in [0.717, 1.165) is 43.9 Å². The zero-order valence-corrected chi connectivity index (χ0v) is 23.7. The molecule has 1 N–H and O–H groups in total.